The number of ether oxygens (including phenoxy) is 2. The molecule has 5 aliphatic rings. The number of hydrogen-bond donors (Lipinski definition) is 1. The second-order valence-electron chi connectivity index (χ2n) is 11.1. The number of amides is 2. The lowest BCUT2D eigenvalue weighted by Gasteiger charge is -2.43. The number of likely N-dealkylation sites (tertiary alicyclic amines) is 1. The molecule has 0 aromatic rings. The first-order valence-corrected chi connectivity index (χ1v) is 13.2. The van der Waals surface area contributed by atoms with Gasteiger partial charge in [-0.05, 0) is 31.8 Å². The lowest BCUT2D eigenvalue weighted by Crippen LogP contribution is -2.61. The zero-order valence-electron chi connectivity index (χ0n) is 21.0. The Labute approximate surface area is 207 Å². The van der Waals surface area contributed by atoms with Crippen molar-refractivity contribution in [2.45, 2.75) is 88.6 Å². The van der Waals surface area contributed by atoms with E-state index in [4.69, 9.17) is 9.47 Å². The monoisotopic (exact) mass is 486 g/mol. The van der Waals surface area contributed by atoms with E-state index in [9.17, 15) is 19.5 Å². The summed E-state index contributed by atoms with van der Waals surface area (Å²) >= 11 is 0. The van der Waals surface area contributed by atoms with Crippen LogP contribution in [0.15, 0.2) is 24.3 Å². The lowest BCUT2D eigenvalue weighted by atomic mass is 9.74. The number of aliphatic hydroxyl groups is 1. The summed E-state index contributed by atoms with van der Waals surface area (Å²) in [5, 5.41) is 10.4. The number of nitrogens with zero attached hydrogens (tertiary/aromatic N) is 2. The third kappa shape index (κ3) is 3.58. The number of esters is 1. The molecule has 5 rings (SSSR count). The molecule has 0 aromatic carbocycles. The van der Waals surface area contributed by atoms with Crippen LogP contribution in [0, 0.1) is 17.8 Å². The van der Waals surface area contributed by atoms with Gasteiger partial charge in [0.2, 0.25) is 11.8 Å². The minimum Gasteiger partial charge on any atom is -0.461 e. The molecule has 0 radical (unpaired) electrons. The van der Waals surface area contributed by atoms with Crippen LogP contribution in [0.3, 0.4) is 0 Å². The van der Waals surface area contributed by atoms with E-state index >= 15 is 0 Å². The fourth-order valence-electron chi connectivity index (χ4n) is 7.20. The number of hydrogen-bond acceptors (Lipinski definition) is 6. The number of cyclic esters (lactones) is 1. The predicted octanol–water partition coefficient (Wildman–Crippen LogP) is 2.21. The first-order valence-electron chi connectivity index (χ1n) is 13.2. The zero-order chi connectivity index (χ0) is 25.0. The second-order valence-corrected chi connectivity index (χ2v) is 11.1. The van der Waals surface area contributed by atoms with E-state index < -0.39 is 41.1 Å². The highest BCUT2D eigenvalue weighted by Crippen LogP contribution is 2.58. The van der Waals surface area contributed by atoms with Crippen molar-refractivity contribution in [1.82, 2.24) is 9.80 Å². The van der Waals surface area contributed by atoms with Gasteiger partial charge in [0.05, 0.1) is 24.2 Å². The van der Waals surface area contributed by atoms with Crippen LogP contribution in [0.4, 0.5) is 0 Å². The highest BCUT2D eigenvalue weighted by atomic mass is 16.6. The Balaban J connectivity index is 1.65. The number of carbonyl (C=O) groups excluding carboxylic acids is 3. The van der Waals surface area contributed by atoms with Crippen LogP contribution >= 0.6 is 0 Å². The maximum atomic E-state index is 14.4. The van der Waals surface area contributed by atoms with Gasteiger partial charge in [-0.2, -0.15) is 0 Å². The van der Waals surface area contributed by atoms with Crippen LogP contribution in [0.25, 0.3) is 0 Å². The quantitative estimate of drug-likeness (QED) is 0.473. The van der Waals surface area contributed by atoms with Gasteiger partial charge in [0.15, 0.2) is 0 Å². The molecule has 1 spiro atoms. The van der Waals surface area contributed by atoms with Crippen molar-refractivity contribution in [2.75, 3.05) is 19.8 Å². The van der Waals surface area contributed by atoms with Crippen molar-refractivity contribution in [3.63, 3.8) is 0 Å². The molecule has 2 saturated heterocycles. The van der Waals surface area contributed by atoms with Gasteiger partial charge >= 0.3 is 5.97 Å². The Kier molecular flexibility index (Phi) is 6.33. The number of aliphatic hydroxyl groups excluding tert-OH is 1. The normalized spacial score (nSPS) is 39.0. The summed E-state index contributed by atoms with van der Waals surface area (Å²) in [4.78, 5) is 45.4. The summed E-state index contributed by atoms with van der Waals surface area (Å²) in [6.45, 7) is 6.13. The molecular formula is C27H38N2O6. The molecule has 1 N–H and O–H groups in total. The van der Waals surface area contributed by atoms with Crippen LogP contribution in [0.2, 0.25) is 0 Å². The van der Waals surface area contributed by atoms with E-state index in [2.05, 4.69) is 0 Å². The van der Waals surface area contributed by atoms with Crippen LogP contribution < -0.4 is 0 Å². The molecule has 0 aromatic heterocycles. The van der Waals surface area contributed by atoms with E-state index in [0.717, 1.165) is 32.1 Å². The summed E-state index contributed by atoms with van der Waals surface area (Å²) < 4.78 is 12.2. The van der Waals surface area contributed by atoms with E-state index in [1.54, 1.807) is 11.0 Å². The molecule has 1 aliphatic carbocycles. The Bertz CT molecular complexity index is 942. The van der Waals surface area contributed by atoms with Crippen LogP contribution in [-0.2, 0) is 23.9 Å². The fourth-order valence-corrected chi connectivity index (χ4v) is 7.20. The van der Waals surface area contributed by atoms with Crippen molar-refractivity contribution >= 4 is 17.8 Å². The lowest BCUT2D eigenvalue weighted by molar-refractivity contribution is -0.161. The van der Waals surface area contributed by atoms with Crippen molar-refractivity contribution in [3.05, 3.63) is 24.3 Å². The van der Waals surface area contributed by atoms with Gasteiger partial charge in [-0.15, -0.1) is 0 Å². The number of carbonyl (C=O) groups is 3. The van der Waals surface area contributed by atoms with Gasteiger partial charge in [0.25, 0.3) is 0 Å². The van der Waals surface area contributed by atoms with Crippen LogP contribution in [0.1, 0.15) is 59.3 Å². The molecule has 7 atom stereocenters. The van der Waals surface area contributed by atoms with Gasteiger partial charge in [0.1, 0.15) is 24.2 Å². The summed E-state index contributed by atoms with van der Waals surface area (Å²) in [6.07, 6.45) is 13.3. The first kappa shape index (κ1) is 24.5. The maximum Gasteiger partial charge on any atom is 0.313 e. The molecule has 1 unspecified atom stereocenters. The van der Waals surface area contributed by atoms with Gasteiger partial charge in [-0.25, -0.2) is 0 Å². The second kappa shape index (κ2) is 9.04. The summed E-state index contributed by atoms with van der Waals surface area (Å²) in [5.74, 6) is -2.72. The predicted molar refractivity (Wildman–Crippen MR) is 128 cm³/mol. The summed E-state index contributed by atoms with van der Waals surface area (Å²) in [7, 11) is 0. The molecule has 2 amide bonds. The molecule has 8 heteroatoms. The van der Waals surface area contributed by atoms with Gasteiger partial charge < -0.3 is 24.4 Å². The largest absolute Gasteiger partial charge is 0.461 e. The van der Waals surface area contributed by atoms with Crippen molar-refractivity contribution in [1.29, 1.82) is 0 Å². The third-order valence-electron chi connectivity index (χ3n) is 9.14. The molecule has 192 valence electrons. The maximum absolute atomic E-state index is 14.4. The Hall–Kier alpha value is -2.19. The van der Waals surface area contributed by atoms with Crippen molar-refractivity contribution in [2.24, 2.45) is 17.8 Å². The van der Waals surface area contributed by atoms with Crippen molar-refractivity contribution < 1.29 is 29.0 Å². The molecule has 8 nitrogen and oxygen atoms in total. The van der Waals surface area contributed by atoms with Crippen molar-refractivity contribution in [3.8, 4) is 0 Å². The average molecular weight is 487 g/mol. The Morgan fingerprint density at radius 2 is 1.83 bits per heavy atom. The standard InChI is InChI=1S/C27H38N2O6/c1-4-17(2)19(16-30)29-22-24(32)28(18-10-6-5-7-11-18)14-8-13-27(22)20(23(29)31)21-25(33)34-15-9-12-26(21,3)35-27/h8-9,12-13,17-22,30H,4-7,10-11,14-16H2,1-3H3/t17-,19-,20-,21-,22?,26+,27-/m0/s1. The molecule has 1 saturated carbocycles. The molecule has 3 fully saturated rings. The molecule has 4 aliphatic heterocycles. The topological polar surface area (TPSA) is 96.4 Å². The molecule has 35 heavy (non-hydrogen) atoms. The van der Waals surface area contributed by atoms with E-state index in [-0.39, 0.29) is 37.0 Å². The van der Waals surface area contributed by atoms with Crippen LogP contribution in [0.5, 0.6) is 0 Å². The Morgan fingerprint density at radius 3 is 2.51 bits per heavy atom. The molecular weight excluding hydrogens is 448 g/mol. The molecule has 4 heterocycles. The zero-order valence-corrected chi connectivity index (χ0v) is 21.0. The van der Waals surface area contributed by atoms with Gasteiger partial charge in [-0.1, -0.05) is 57.8 Å². The Morgan fingerprint density at radius 1 is 1.09 bits per heavy atom. The fraction of sp³-hybridized carbons (Fsp3) is 0.741. The summed E-state index contributed by atoms with van der Waals surface area (Å²) in [5.41, 5.74) is -2.35. The highest BCUT2D eigenvalue weighted by molar-refractivity contribution is 5.99. The van der Waals surface area contributed by atoms with Gasteiger partial charge in [0, 0.05) is 12.6 Å². The SMILES string of the molecule is CC[C@H](C)[C@H](CO)N1C(=O)[C@@H]2[C@H]3C(=O)OCC=C[C@@]3(C)O[C@@]23C=CCN(C2CCCCC2)C(=O)C13. The van der Waals surface area contributed by atoms with Gasteiger partial charge in [-0.3, -0.25) is 14.4 Å². The van der Waals surface area contributed by atoms with E-state index in [0.29, 0.717) is 6.54 Å². The van der Waals surface area contributed by atoms with Crippen LogP contribution in [-0.4, -0.2) is 81.8 Å². The van der Waals surface area contributed by atoms with E-state index in [1.807, 2.05) is 43.9 Å². The highest BCUT2D eigenvalue weighted by Gasteiger charge is 2.75. The van der Waals surface area contributed by atoms with E-state index in [1.165, 1.54) is 6.42 Å². The minimum atomic E-state index is -1.29. The third-order valence-corrected chi connectivity index (χ3v) is 9.14. The summed E-state index contributed by atoms with van der Waals surface area (Å²) in [6, 6.07) is -1.36. The number of rotatable bonds is 5. The smallest absolute Gasteiger partial charge is 0.313 e. The molecule has 0 bridgehead atoms. The number of fused-ring (bicyclic) bond motifs is 2. The first-order chi connectivity index (χ1) is 16.8. The minimum absolute atomic E-state index is 0.0321. The average Bonchev–Trinajstić information content (AvgIpc) is 3.11.